The van der Waals surface area contributed by atoms with E-state index in [1.54, 1.807) is 12.1 Å². The van der Waals surface area contributed by atoms with Gasteiger partial charge in [-0.15, -0.1) is 0 Å². The summed E-state index contributed by atoms with van der Waals surface area (Å²) in [6.07, 6.45) is 1.01. The quantitative estimate of drug-likeness (QED) is 0.846. The van der Waals surface area contributed by atoms with Crippen molar-refractivity contribution in [1.29, 1.82) is 0 Å². The van der Waals surface area contributed by atoms with E-state index in [4.69, 9.17) is 16.3 Å². The maximum Gasteiger partial charge on any atom is 0.253 e. The molecule has 4 rings (SSSR count). The van der Waals surface area contributed by atoms with E-state index in [0.717, 1.165) is 51.5 Å². The summed E-state index contributed by atoms with van der Waals surface area (Å²) in [4.78, 5) is 16.9. The number of carbonyl (C=O) groups is 1. The van der Waals surface area contributed by atoms with Crippen LogP contribution in [0.25, 0.3) is 0 Å². The van der Waals surface area contributed by atoms with Crippen molar-refractivity contribution in [3.05, 3.63) is 64.2 Å². The summed E-state index contributed by atoms with van der Waals surface area (Å²) in [5, 5.41) is 0.602. The van der Waals surface area contributed by atoms with Gasteiger partial charge in [-0.2, -0.15) is 0 Å². The van der Waals surface area contributed by atoms with Gasteiger partial charge in [0.1, 0.15) is 5.75 Å². The third kappa shape index (κ3) is 3.65. The molecule has 4 nitrogen and oxygen atoms in total. The van der Waals surface area contributed by atoms with Gasteiger partial charge in [-0.25, -0.2) is 0 Å². The molecule has 130 valence electrons. The van der Waals surface area contributed by atoms with Crippen LogP contribution < -0.4 is 4.74 Å². The van der Waals surface area contributed by atoms with Crippen LogP contribution in [0.3, 0.4) is 0 Å². The first-order valence-electron chi connectivity index (χ1n) is 8.71. The number of hydrogen-bond donors (Lipinski definition) is 0. The Bertz CT molecular complexity index is 785. The van der Waals surface area contributed by atoms with Crippen LogP contribution in [-0.2, 0) is 13.0 Å². The molecule has 0 aromatic heterocycles. The van der Waals surface area contributed by atoms with E-state index in [1.807, 2.05) is 17.0 Å². The van der Waals surface area contributed by atoms with E-state index in [2.05, 4.69) is 23.1 Å². The normalized spacial score (nSPS) is 17.2. The lowest BCUT2D eigenvalue weighted by Crippen LogP contribution is -2.48. The van der Waals surface area contributed by atoms with E-state index >= 15 is 0 Å². The summed E-state index contributed by atoms with van der Waals surface area (Å²) in [7, 11) is 0. The second-order valence-corrected chi connectivity index (χ2v) is 7.06. The van der Waals surface area contributed by atoms with Crippen LogP contribution >= 0.6 is 11.6 Å². The van der Waals surface area contributed by atoms with Gasteiger partial charge in [0, 0.05) is 49.7 Å². The summed E-state index contributed by atoms with van der Waals surface area (Å²) >= 11 is 5.99. The van der Waals surface area contributed by atoms with Gasteiger partial charge < -0.3 is 9.64 Å². The Morgan fingerprint density at radius 1 is 1.08 bits per heavy atom. The van der Waals surface area contributed by atoms with E-state index in [1.165, 1.54) is 11.1 Å². The number of piperazine rings is 1. The molecule has 2 aliphatic rings. The minimum Gasteiger partial charge on any atom is -0.493 e. The number of benzene rings is 2. The SMILES string of the molecule is O=C(c1cccc(Cl)c1)N1CCN(Cc2ccc3c(c2)CCO3)CC1. The number of hydrogen-bond acceptors (Lipinski definition) is 3. The number of fused-ring (bicyclic) bond motifs is 1. The summed E-state index contributed by atoms with van der Waals surface area (Å²) in [5.74, 6) is 1.09. The lowest BCUT2D eigenvalue weighted by Gasteiger charge is -2.34. The van der Waals surface area contributed by atoms with Gasteiger partial charge in [-0.3, -0.25) is 9.69 Å². The van der Waals surface area contributed by atoms with Gasteiger partial charge in [0.05, 0.1) is 6.61 Å². The molecule has 1 saturated heterocycles. The van der Waals surface area contributed by atoms with Crippen molar-refractivity contribution in [2.24, 2.45) is 0 Å². The number of rotatable bonds is 3. The molecule has 25 heavy (non-hydrogen) atoms. The average molecular weight is 357 g/mol. The summed E-state index contributed by atoms with van der Waals surface area (Å²) in [6.45, 7) is 4.99. The Morgan fingerprint density at radius 2 is 1.92 bits per heavy atom. The van der Waals surface area contributed by atoms with Crippen molar-refractivity contribution >= 4 is 17.5 Å². The lowest BCUT2D eigenvalue weighted by atomic mass is 10.1. The van der Waals surface area contributed by atoms with Crippen LogP contribution in [0.1, 0.15) is 21.5 Å². The zero-order valence-corrected chi connectivity index (χ0v) is 14.8. The van der Waals surface area contributed by atoms with Crippen LogP contribution in [-0.4, -0.2) is 48.5 Å². The van der Waals surface area contributed by atoms with Gasteiger partial charge in [-0.05, 0) is 35.4 Å². The third-order valence-electron chi connectivity index (χ3n) is 4.89. The highest BCUT2D eigenvalue weighted by molar-refractivity contribution is 6.30. The van der Waals surface area contributed by atoms with Crippen molar-refractivity contribution in [2.45, 2.75) is 13.0 Å². The Labute approximate surface area is 152 Å². The lowest BCUT2D eigenvalue weighted by molar-refractivity contribution is 0.0628. The van der Waals surface area contributed by atoms with E-state index in [-0.39, 0.29) is 5.91 Å². The summed E-state index contributed by atoms with van der Waals surface area (Å²) in [5.41, 5.74) is 3.30. The van der Waals surface area contributed by atoms with Crippen molar-refractivity contribution in [1.82, 2.24) is 9.80 Å². The van der Waals surface area contributed by atoms with Crippen LogP contribution in [0.2, 0.25) is 5.02 Å². The second kappa shape index (κ2) is 7.06. The number of halogens is 1. The predicted molar refractivity (Wildman–Crippen MR) is 98.3 cm³/mol. The molecule has 1 amide bonds. The number of nitrogens with zero attached hydrogens (tertiary/aromatic N) is 2. The highest BCUT2D eigenvalue weighted by atomic mass is 35.5. The smallest absolute Gasteiger partial charge is 0.253 e. The van der Waals surface area contributed by atoms with Crippen molar-refractivity contribution in [3.8, 4) is 5.75 Å². The number of amides is 1. The molecular weight excluding hydrogens is 336 g/mol. The van der Waals surface area contributed by atoms with E-state index in [0.29, 0.717) is 10.6 Å². The first-order valence-corrected chi connectivity index (χ1v) is 9.09. The van der Waals surface area contributed by atoms with Crippen LogP contribution in [0.15, 0.2) is 42.5 Å². The minimum absolute atomic E-state index is 0.0665. The molecule has 0 atom stereocenters. The monoisotopic (exact) mass is 356 g/mol. The fourth-order valence-corrected chi connectivity index (χ4v) is 3.70. The van der Waals surface area contributed by atoms with Crippen molar-refractivity contribution in [3.63, 3.8) is 0 Å². The molecule has 0 radical (unpaired) electrons. The molecule has 0 bridgehead atoms. The first kappa shape index (κ1) is 16.4. The fraction of sp³-hybridized carbons (Fsp3) is 0.350. The highest BCUT2D eigenvalue weighted by Crippen LogP contribution is 2.26. The molecule has 0 spiro atoms. The molecule has 1 fully saturated rings. The zero-order valence-electron chi connectivity index (χ0n) is 14.1. The van der Waals surface area contributed by atoms with E-state index < -0.39 is 0 Å². The van der Waals surface area contributed by atoms with Gasteiger partial charge in [0.2, 0.25) is 0 Å². The van der Waals surface area contributed by atoms with Crippen LogP contribution in [0, 0.1) is 0 Å². The maximum absolute atomic E-state index is 12.6. The van der Waals surface area contributed by atoms with Crippen LogP contribution in [0.5, 0.6) is 5.75 Å². The Hall–Kier alpha value is -2.04. The summed E-state index contributed by atoms with van der Waals surface area (Å²) < 4.78 is 5.57. The minimum atomic E-state index is 0.0665. The molecule has 2 aromatic rings. The van der Waals surface area contributed by atoms with E-state index in [9.17, 15) is 4.79 Å². The standard InChI is InChI=1S/C20H21ClN2O2/c21-18-3-1-2-17(13-18)20(24)23-9-7-22(8-10-23)14-15-4-5-19-16(12-15)6-11-25-19/h1-5,12-13H,6-11,14H2. The first-order chi connectivity index (χ1) is 12.2. The van der Waals surface area contributed by atoms with Crippen molar-refractivity contribution in [2.75, 3.05) is 32.8 Å². The molecule has 0 N–H and O–H groups in total. The van der Waals surface area contributed by atoms with Crippen molar-refractivity contribution < 1.29 is 9.53 Å². The summed E-state index contributed by atoms with van der Waals surface area (Å²) in [6, 6.07) is 13.7. The van der Waals surface area contributed by atoms with Gasteiger partial charge in [0.25, 0.3) is 5.91 Å². The average Bonchev–Trinajstić information content (AvgIpc) is 3.09. The molecule has 2 aliphatic heterocycles. The molecular formula is C20H21ClN2O2. The zero-order chi connectivity index (χ0) is 17.2. The Kier molecular flexibility index (Phi) is 4.64. The largest absolute Gasteiger partial charge is 0.493 e. The molecule has 5 heteroatoms. The number of ether oxygens (including phenoxy) is 1. The number of carbonyl (C=O) groups excluding carboxylic acids is 1. The third-order valence-corrected chi connectivity index (χ3v) is 5.13. The van der Waals surface area contributed by atoms with Gasteiger partial charge >= 0.3 is 0 Å². The Balaban J connectivity index is 1.34. The van der Waals surface area contributed by atoms with Gasteiger partial charge in [-0.1, -0.05) is 29.8 Å². The predicted octanol–water partition coefficient (Wildman–Crippen LogP) is 3.23. The molecule has 0 unspecified atom stereocenters. The van der Waals surface area contributed by atoms with Gasteiger partial charge in [0.15, 0.2) is 0 Å². The maximum atomic E-state index is 12.6. The second-order valence-electron chi connectivity index (χ2n) is 6.62. The molecule has 0 aliphatic carbocycles. The Morgan fingerprint density at radius 3 is 2.72 bits per heavy atom. The fourth-order valence-electron chi connectivity index (χ4n) is 3.51. The molecule has 2 heterocycles. The molecule has 0 saturated carbocycles. The molecule has 2 aromatic carbocycles. The topological polar surface area (TPSA) is 32.8 Å². The van der Waals surface area contributed by atoms with Crippen LogP contribution in [0.4, 0.5) is 0 Å². The highest BCUT2D eigenvalue weighted by Gasteiger charge is 2.22.